The van der Waals surface area contributed by atoms with Gasteiger partial charge >= 0.3 is 0 Å². The van der Waals surface area contributed by atoms with Crippen molar-refractivity contribution in [1.82, 2.24) is 9.27 Å². The quantitative estimate of drug-likeness (QED) is 0.707. The zero-order valence-corrected chi connectivity index (χ0v) is 17.0. The van der Waals surface area contributed by atoms with Gasteiger partial charge in [-0.25, -0.2) is 0 Å². The number of amides is 1. The van der Waals surface area contributed by atoms with Crippen LogP contribution in [0.4, 0.5) is 11.5 Å². The molecule has 1 aromatic heterocycles. The number of fused-ring (bicyclic) bond motifs is 2. The summed E-state index contributed by atoms with van der Waals surface area (Å²) in [4.78, 5) is 16.5. The van der Waals surface area contributed by atoms with E-state index < -0.39 is 0 Å². The molecule has 0 radical (unpaired) electrons. The van der Waals surface area contributed by atoms with Crippen LogP contribution >= 0.6 is 23.1 Å². The fourth-order valence-electron chi connectivity index (χ4n) is 4.07. The molecule has 0 unspecified atom stereocenters. The van der Waals surface area contributed by atoms with Gasteiger partial charge in [-0.05, 0) is 41.7 Å². The number of hydrogen-bond donors (Lipinski definition) is 1. The summed E-state index contributed by atoms with van der Waals surface area (Å²) >= 11 is 8.14. The summed E-state index contributed by atoms with van der Waals surface area (Å²) in [6.45, 7) is 5.00. The molecule has 5 nitrogen and oxygen atoms in total. The van der Waals surface area contributed by atoms with Crippen LogP contribution < -0.4 is 10.2 Å². The lowest BCUT2D eigenvalue weighted by Gasteiger charge is -2.35. The number of piperazine rings is 1. The number of nitrogens with one attached hydrogen (secondary N) is 1. The summed E-state index contributed by atoms with van der Waals surface area (Å²) in [5.41, 5.74) is 2.94. The van der Waals surface area contributed by atoms with Gasteiger partial charge in [0.05, 0.1) is 11.1 Å². The highest BCUT2D eigenvalue weighted by atomic mass is 35.5. The summed E-state index contributed by atoms with van der Waals surface area (Å²) < 4.78 is 5.94. The Bertz CT molecular complexity index is 1040. The Hall–Kier alpha value is -2.15. The summed E-state index contributed by atoms with van der Waals surface area (Å²) in [7, 11) is 0. The topological polar surface area (TPSA) is 48.5 Å². The van der Waals surface area contributed by atoms with Crippen molar-refractivity contribution in [2.24, 2.45) is 0 Å². The first-order chi connectivity index (χ1) is 13.7. The zero-order chi connectivity index (χ0) is 19.1. The Morgan fingerprint density at radius 1 is 1.11 bits per heavy atom. The highest BCUT2D eigenvalue weighted by molar-refractivity contribution is 7.13. The molecule has 3 heterocycles. The Labute approximate surface area is 173 Å². The lowest BCUT2D eigenvalue weighted by atomic mass is 10.1. The van der Waals surface area contributed by atoms with Gasteiger partial charge in [-0.2, -0.15) is 4.37 Å². The van der Waals surface area contributed by atoms with E-state index in [2.05, 4.69) is 43.8 Å². The average Bonchev–Trinajstić information content (AvgIpc) is 3.31. The third kappa shape index (κ3) is 3.26. The monoisotopic (exact) mass is 412 g/mol. The predicted molar refractivity (Wildman–Crippen MR) is 116 cm³/mol. The van der Waals surface area contributed by atoms with Gasteiger partial charge < -0.3 is 10.2 Å². The number of halogens is 1. The highest BCUT2D eigenvalue weighted by Gasteiger charge is 2.23. The van der Waals surface area contributed by atoms with Crippen molar-refractivity contribution in [3.05, 3.63) is 52.5 Å². The standard InChI is InChI=1S/C21H21ClN4OS/c22-20-14(5-6-17-16(20)13-19(27)23-17)7-8-25-9-11-26(12-10-25)21-15-3-1-2-4-18(15)28-24-21/h1-6H,7-13H2,(H,23,27). The van der Waals surface area contributed by atoms with E-state index in [1.807, 2.05) is 12.1 Å². The molecule has 0 saturated carbocycles. The SMILES string of the molecule is O=C1Cc2c(ccc(CCN3CCN(c4nsc5ccccc45)CC3)c2Cl)N1. The third-order valence-electron chi connectivity index (χ3n) is 5.66. The first kappa shape index (κ1) is 17.9. The van der Waals surface area contributed by atoms with Gasteiger partial charge in [-0.15, -0.1) is 0 Å². The molecular formula is C21H21ClN4OS. The Kier molecular flexibility index (Phi) is 4.70. The normalized spacial score (nSPS) is 17.2. The first-order valence-corrected chi connectivity index (χ1v) is 10.8. The van der Waals surface area contributed by atoms with Crippen molar-refractivity contribution in [1.29, 1.82) is 0 Å². The Morgan fingerprint density at radius 2 is 1.93 bits per heavy atom. The smallest absolute Gasteiger partial charge is 0.228 e. The number of hydrogen-bond acceptors (Lipinski definition) is 5. The predicted octanol–water partition coefficient (Wildman–Crippen LogP) is 3.81. The molecule has 2 aliphatic heterocycles. The van der Waals surface area contributed by atoms with Crippen LogP contribution in [-0.4, -0.2) is 47.9 Å². The van der Waals surface area contributed by atoms with E-state index >= 15 is 0 Å². The highest BCUT2D eigenvalue weighted by Crippen LogP contribution is 2.33. The van der Waals surface area contributed by atoms with Gasteiger partial charge in [0, 0.05) is 54.4 Å². The summed E-state index contributed by atoms with van der Waals surface area (Å²) in [6.07, 6.45) is 1.29. The molecule has 1 N–H and O–H groups in total. The van der Waals surface area contributed by atoms with Crippen molar-refractivity contribution >= 4 is 50.6 Å². The van der Waals surface area contributed by atoms with Crippen molar-refractivity contribution in [3.63, 3.8) is 0 Å². The van der Waals surface area contributed by atoms with Crippen molar-refractivity contribution in [3.8, 4) is 0 Å². The summed E-state index contributed by atoms with van der Waals surface area (Å²) in [6, 6.07) is 12.5. The van der Waals surface area contributed by atoms with Crippen molar-refractivity contribution in [2.75, 3.05) is 42.9 Å². The number of rotatable bonds is 4. The van der Waals surface area contributed by atoms with E-state index in [1.54, 1.807) is 11.5 Å². The van der Waals surface area contributed by atoms with E-state index in [4.69, 9.17) is 11.6 Å². The number of nitrogens with zero attached hydrogens (tertiary/aromatic N) is 3. The molecule has 2 aromatic carbocycles. The van der Waals surface area contributed by atoms with Crippen LogP contribution in [0.15, 0.2) is 36.4 Å². The second-order valence-corrected chi connectivity index (χ2v) is 8.55. The Balaban J connectivity index is 1.21. The minimum Gasteiger partial charge on any atom is -0.353 e. The van der Waals surface area contributed by atoms with Crippen LogP contribution in [0, 0.1) is 0 Å². The van der Waals surface area contributed by atoms with Crippen LogP contribution in [-0.2, 0) is 17.6 Å². The zero-order valence-electron chi connectivity index (χ0n) is 15.4. The van der Waals surface area contributed by atoms with Gasteiger partial charge in [0.1, 0.15) is 5.82 Å². The molecule has 7 heteroatoms. The molecule has 3 aromatic rings. The van der Waals surface area contributed by atoms with Crippen LogP contribution in [0.2, 0.25) is 5.02 Å². The minimum atomic E-state index is 0.0275. The van der Waals surface area contributed by atoms with Gasteiger partial charge in [0.15, 0.2) is 0 Å². The van der Waals surface area contributed by atoms with Crippen LogP contribution in [0.3, 0.4) is 0 Å². The van der Waals surface area contributed by atoms with E-state index in [1.165, 1.54) is 10.1 Å². The molecule has 144 valence electrons. The van der Waals surface area contributed by atoms with Crippen LogP contribution in [0.25, 0.3) is 10.1 Å². The lowest BCUT2D eigenvalue weighted by molar-refractivity contribution is -0.115. The van der Waals surface area contributed by atoms with Crippen molar-refractivity contribution in [2.45, 2.75) is 12.8 Å². The number of carbonyl (C=O) groups excluding carboxylic acids is 1. The maximum Gasteiger partial charge on any atom is 0.228 e. The van der Waals surface area contributed by atoms with Gasteiger partial charge in [0.2, 0.25) is 5.91 Å². The molecule has 28 heavy (non-hydrogen) atoms. The number of carbonyl (C=O) groups is 1. The molecule has 1 fully saturated rings. The van der Waals surface area contributed by atoms with E-state index in [0.717, 1.165) is 66.8 Å². The van der Waals surface area contributed by atoms with Gasteiger partial charge in [0.25, 0.3) is 0 Å². The van der Waals surface area contributed by atoms with Gasteiger partial charge in [-0.3, -0.25) is 9.69 Å². The molecule has 2 aliphatic rings. The molecule has 5 rings (SSSR count). The molecule has 0 spiro atoms. The number of benzene rings is 2. The molecule has 0 aliphatic carbocycles. The fourth-order valence-corrected chi connectivity index (χ4v) is 5.19. The lowest BCUT2D eigenvalue weighted by Crippen LogP contribution is -2.47. The van der Waals surface area contributed by atoms with Gasteiger partial charge in [-0.1, -0.05) is 29.8 Å². The van der Waals surface area contributed by atoms with E-state index in [-0.39, 0.29) is 5.91 Å². The van der Waals surface area contributed by atoms with Crippen LogP contribution in [0.5, 0.6) is 0 Å². The molecule has 0 bridgehead atoms. The second-order valence-electron chi connectivity index (χ2n) is 7.37. The number of anilines is 2. The Morgan fingerprint density at radius 3 is 2.79 bits per heavy atom. The van der Waals surface area contributed by atoms with Crippen LogP contribution in [0.1, 0.15) is 11.1 Å². The molecule has 0 atom stereocenters. The van der Waals surface area contributed by atoms with Crippen molar-refractivity contribution < 1.29 is 4.79 Å². The largest absolute Gasteiger partial charge is 0.353 e. The molecule has 1 amide bonds. The molecule has 1 saturated heterocycles. The maximum absolute atomic E-state index is 11.6. The maximum atomic E-state index is 11.6. The average molecular weight is 413 g/mol. The van der Waals surface area contributed by atoms with E-state index in [0.29, 0.717) is 6.42 Å². The van der Waals surface area contributed by atoms with E-state index in [9.17, 15) is 4.79 Å². The number of aromatic nitrogens is 1. The summed E-state index contributed by atoms with van der Waals surface area (Å²) in [5, 5.41) is 4.87. The summed E-state index contributed by atoms with van der Waals surface area (Å²) in [5.74, 6) is 1.15. The molecular weight excluding hydrogens is 392 g/mol. The first-order valence-electron chi connectivity index (χ1n) is 9.61. The minimum absolute atomic E-state index is 0.0275. The third-order valence-corrected chi connectivity index (χ3v) is 6.95. The fraction of sp³-hybridized carbons (Fsp3) is 0.333. The second kappa shape index (κ2) is 7.35.